The number of hydrogen-bond donors (Lipinski definition) is 1. The molecule has 0 aromatic heterocycles. The zero-order valence-electron chi connectivity index (χ0n) is 14.2. The van der Waals surface area contributed by atoms with Crippen molar-refractivity contribution in [3.8, 4) is 6.07 Å². The Kier molecular flexibility index (Phi) is 6.11. The Morgan fingerprint density at radius 1 is 1.24 bits per heavy atom. The molecule has 0 radical (unpaired) electrons. The third kappa shape index (κ3) is 4.42. The third-order valence-corrected chi connectivity index (χ3v) is 4.72. The van der Waals surface area contributed by atoms with Crippen LogP contribution in [0.5, 0.6) is 0 Å². The van der Waals surface area contributed by atoms with Gasteiger partial charge in [-0.15, -0.1) is 0 Å². The van der Waals surface area contributed by atoms with Crippen molar-refractivity contribution in [3.05, 3.63) is 76.5 Å². The lowest BCUT2D eigenvalue weighted by molar-refractivity contribution is 0.685. The number of nitriles is 1. The highest BCUT2D eigenvalue weighted by Crippen LogP contribution is 2.36. The fourth-order valence-corrected chi connectivity index (χ4v) is 3.42. The summed E-state index contributed by atoms with van der Waals surface area (Å²) in [5, 5.41) is 12.7. The molecule has 1 aliphatic carbocycles. The van der Waals surface area contributed by atoms with Gasteiger partial charge >= 0.3 is 0 Å². The normalized spacial score (nSPS) is 16.3. The lowest BCUT2D eigenvalue weighted by atomic mass is 10.0. The molecule has 2 aliphatic rings. The summed E-state index contributed by atoms with van der Waals surface area (Å²) in [5.41, 5.74) is 5.20. The second-order valence-corrected chi connectivity index (χ2v) is 6.56. The van der Waals surface area contributed by atoms with E-state index in [2.05, 4.69) is 52.7 Å². The minimum Gasteiger partial charge on any atom is -0.341 e. The van der Waals surface area contributed by atoms with Gasteiger partial charge in [0.1, 0.15) is 0 Å². The monoisotopic (exact) mass is 351 g/mol. The Labute approximate surface area is 154 Å². The van der Waals surface area contributed by atoms with Crippen LogP contribution in [0.3, 0.4) is 0 Å². The smallest absolute Gasteiger partial charge is 0.0909 e. The van der Waals surface area contributed by atoms with E-state index in [1.165, 1.54) is 28.6 Å². The average Bonchev–Trinajstić information content (AvgIpc) is 2.78. The molecule has 1 aromatic rings. The number of para-hydroxylation sites is 1. The zero-order valence-corrected chi connectivity index (χ0v) is 15.0. The number of allylic oxidation sites excluding steroid dienone is 6. The van der Waals surface area contributed by atoms with Gasteiger partial charge < -0.3 is 10.2 Å². The van der Waals surface area contributed by atoms with Crippen LogP contribution in [-0.2, 0) is 6.42 Å². The molecule has 0 spiro atoms. The number of rotatable bonds is 6. The van der Waals surface area contributed by atoms with Gasteiger partial charge in [-0.1, -0.05) is 48.0 Å². The molecule has 0 fully saturated rings. The molecule has 1 aliphatic heterocycles. The highest BCUT2D eigenvalue weighted by molar-refractivity contribution is 6.31. The largest absolute Gasteiger partial charge is 0.341 e. The van der Waals surface area contributed by atoms with Gasteiger partial charge in [-0.3, -0.25) is 0 Å². The maximum atomic E-state index is 8.49. The maximum absolute atomic E-state index is 8.49. The molecule has 25 heavy (non-hydrogen) atoms. The van der Waals surface area contributed by atoms with Crippen molar-refractivity contribution in [2.75, 3.05) is 24.5 Å². The first kappa shape index (κ1) is 17.5. The fourth-order valence-electron chi connectivity index (χ4n) is 3.24. The van der Waals surface area contributed by atoms with E-state index in [0.29, 0.717) is 0 Å². The molecule has 0 unspecified atom stereocenters. The lowest BCUT2D eigenvalue weighted by Crippen LogP contribution is -2.28. The van der Waals surface area contributed by atoms with Gasteiger partial charge in [0.05, 0.1) is 6.07 Å². The lowest BCUT2D eigenvalue weighted by Gasteiger charge is -2.30. The number of halogens is 1. The molecule has 0 saturated heterocycles. The van der Waals surface area contributed by atoms with Crippen LogP contribution in [0.4, 0.5) is 5.69 Å². The predicted octanol–water partition coefficient (Wildman–Crippen LogP) is 4.45. The van der Waals surface area contributed by atoms with Crippen LogP contribution in [0.1, 0.15) is 18.4 Å². The van der Waals surface area contributed by atoms with Crippen LogP contribution >= 0.6 is 11.6 Å². The maximum Gasteiger partial charge on any atom is 0.0909 e. The van der Waals surface area contributed by atoms with Gasteiger partial charge in [-0.25, -0.2) is 0 Å². The molecule has 0 saturated carbocycles. The SMILES string of the molecule is N#C/C=C/CNCCCN1C2=CC(Cl)=CCC2=CCc2ccccc21. The Morgan fingerprint density at radius 2 is 2.12 bits per heavy atom. The zero-order chi connectivity index (χ0) is 17.5. The molecule has 3 rings (SSSR count). The minimum absolute atomic E-state index is 0.729. The second-order valence-electron chi connectivity index (χ2n) is 6.13. The van der Waals surface area contributed by atoms with E-state index in [4.69, 9.17) is 16.9 Å². The number of hydrogen-bond acceptors (Lipinski definition) is 3. The first-order valence-electron chi connectivity index (χ1n) is 8.67. The van der Waals surface area contributed by atoms with E-state index in [0.717, 1.165) is 43.9 Å². The summed E-state index contributed by atoms with van der Waals surface area (Å²) in [6, 6.07) is 10.6. The highest BCUT2D eigenvalue weighted by Gasteiger charge is 2.22. The van der Waals surface area contributed by atoms with Gasteiger partial charge in [-0.05, 0) is 49.1 Å². The number of nitrogens with one attached hydrogen (secondary N) is 1. The van der Waals surface area contributed by atoms with E-state index < -0.39 is 0 Å². The fraction of sp³-hybridized carbons (Fsp3) is 0.286. The second kappa shape index (κ2) is 8.71. The quantitative estimate of drug-likeness (QED) is 0.608. The number of nitrogens with zero attached hydrogens (tertiary/aromatic N) is 2. The molecule has 0 bridgehead atoms. The number of fused-ring (bicyclic) bond motifs is 2. The third-order valence-electron chi connectivity index (χ3n) is 4.45. The van der Waals surface area contributed by atoms with Crippen molar-refractivity contribution in [1.29, 1.82) is 5.26 Å². The molecule has 1 heterocycles. The molecule has 128 valence electrons. The van der Waals surface area contributed by atoms with Gasteiger partial charge in [0, 0.05) is 35.6 Å². The molecular weight excluding hydrogens is 330 g/mol. The summed E-state index contributed by atoms with van der Waals surface area (Å²) >= 11 is 6.30. The first-order chi connectivity index (χ1) is 12.3. The molecule has 0 atom stereocenters. The van der Waals surface area contributed by atoms with Crippen LogP contribution < -0.4 is 10.2 Å². The van der Waals surface area contributed by atoms with Gasteiger partial charge in [0.15, 0.2) is 0 Å². The molecule has 4 heteroatoms. The van der Waals surface area contributed by atoms with Crippen molar-refractivity contribution in [3.63, 3.8) is 0 Å². The van der Waals surface area contributed by atoms with Gasteiger partial charge in [0.2, 0.25) is 0 Å². The summed E-state index contributed by atoms with van der Waals surface area (Å²) in [5.74, 6) is 0. The minimum atomic E-state index is 0.729. The summed E-state index contributed by atoms with van der Waals surface area (Å²) in [6.07, 6.45) is 12.7. The van der Waals surface area contributed by atoms with Crippen molar-refractivity contribution >= 4 is 17.3 Å². The van der Waals surface area contributed by atoms with Crippen LogP contribution in [0.15, 0.2) is 70.9 Å². The summed E-state index contributed by atoms with van der Waals surface area (Å²) in [6.45, 7) is 2.57. The Hall–Kier alpha value is -2.28. The van der Waals surface area contributed by atoms with Crippen molar-refractivity contribution in [2.24, 2.45) is 0 Å². The van der Waals surface area contributed by atoms with E-state index >= 15 is 0 Å². The number of anilines is 1. The van der Waals surface area contributed by atoms with Crippen LogP contribution in [0.25, 0.3) is 0 Å². The molecular formula is C21H22ClN3. The van der Waals surface area contributed by atoms with E-state index in [9.17, 15) is 0 Å². The Bertz CT molecular complexity index is 781. The average molecular weight is 352 g/mol. The molecule has 1 N–H and O–H groups in total. The molecule has 1 aromatic carbocycles. The summed E-state index contributed by atoms with van der Waals surface area (Å²) in [7, 11) is 0. The Morgan fingerprint density at radius 3 is 3.00 bits per heavy atom. The van der Waals surface area contributed by atoms with Crippen LogP contribution in [-0.4, -0.2) is 19.6 Å². The Balaban J connectivity index is 1.74. The van der Waals surface area contributed by atoms with Crippen LogP contribution in [0.2, 0.25) is 0 Å². The highest BCUT2D eigenvalue weighted by atomic mass is 35.5. The summed E-state index contributed by atoms with van der Waals surface area (Å²) < 4.78 is 0. The van der Waals surface area contributed by atoms with Crippen molar-refractivity contribution < 1.29 is 0 Å². The molecule has 0 amide bonds. The van der Waals surface area contributed by atoms with Gasteiger partial charge in [0.25, 0.3) is 0 Å². The molecule has 3 nitrogen and oxygen atoms in total. The van der Waals surface area contributed by atoms with Crippen molar-refractivity contribution in [2.45, 2.75) is 19.3 Å². The van der Waals surface area contributed by atoms with E-state index in [1.807, 2.05) is 12.1 Å². The summed E-state index contributed by atoms with van der Waals surface area (Å²) in [4.78, 5) is 2.40. The van der Waals surface area contributed by atoms with E-state index in [1.54, 1.807) is 0 Å². The standard InChI is InChI=1S/C21H22ClN3/c22-19-11-10-18-9-8-17-6-1-2-7-20(17)25(21(18)16-19)15-5-14-24-13-4-3-12-23/h1-4,6-7,9,11,16,24H,5,8,10,13-15H2/b4-3+. The topological polar surface area (TPSA) is 39.1 Å². The number of benzene rings is 1. The predicted molar refractivity (Wildman–Crippen MR) is 104 cm³/mol. The first-order valence-corrected chi connectivity index (χ1v) is 9.05. The van der Waals surface area contributed by atoms with E-state index in [-0.39, 0.29) is 0 Å². The van der Waals surface area contributed by atoms with Crippen molar-refractivity contribution in [1.82, 2.24) is 5.32 Å². The van der Waals surface area contributed by atoms with Crippen LogP contribution in [0, 0.1) is 11.3 Å². The van der Waals surface area contributed by atoms with Gasteiger partial charge in [-0.2, -0.15) is 5.26 Å².